The number of ether oxygens (including phenoxy) is 1. The van der Waals surface area contributed by atoms with Crippen LogP contribution < -0.4 is 4.74 Å². The molecule has 0 unspecified atom stereocenters. The first kappa shape index (κ1) is 19.7. The number of aromatic nitrogens is 1. The molecule has 0 saturated carbocycles. The smallest absolute Gasteiger partial charge is 0.244 e. The Kier molecular flexibility index (Phi) is 7.22. The highest BCUT2D eigenvalue weighted by atomic mass is 32.2. The van der Waals surface area contributed by atoms with Crippen molar-refractivity contribution in [1.29, 1.82) is 0 Å². The molecule has 0 aliphatic rings. The van der Waals surface area contributed by atoms with Crippen LogP contribution in [0.4, 0.5) is 4.39 Å². The van der Waals surface area contributed by atoms with Gasteiger partial charge < -0.3 is 4.74 Å². The molecule has 2 aromatic rings. The molecule has 0 amide bonds. The van der Waals surface area contributed by atoms with Gasteiger partial charge in [-0.05, 0) is 24.3 Å². The summed E-state index contributed by atoms with van der Waals surface area (Å²) in [5.74, 6) is 0.761. The number of thioether (sulfide) groups is 1. The highest BCUT2D eigenvalue weighted by Crippen LogP contribution is 2.20. The lowest BCUT2D eigenvalue weighted by Crippen LogP contribution is -2.30. The summed E-state index contributed by atoms with van der Waals surface area (Å²) in [6.45, 7) is 4.85. The van der Waals surface area contributed by atoms with E-state index < -0.39 is 10.0 Å². The molecule has 0 saturated heterocycles. The minimum atomic E-state index is -3.48. The SMILES string of the molecule is CCN(CC)S(=O)(=O)c1ccc(SCCOc2cccc(F)c2)nc1. The topological polar surface area (TPSA) is 59.5 Å². The van der Waals surface area contributed by atoms with Crippen molar-refractivity contribution < 1.29 is 17.5 Å². The van der Waals surface area contributed by atoms with Gasteiger partial charge >= 0.3 is 0 Å². The first-order chi connectivity index (χ1) is 12.0. The largest absolute Gasteiger partial charge is 0.493 e. The minimum absolute atomic E-state index is 0.191. The van der Waals surface area contributed by atoms with Crippen molar-refractivity contribution in [2.45, 2.75) is 23.8 Å². The molecule has 0 radical (unpaired) electrons. The van der Waals surface area contributed by atoms with E-state index in [-0.39, 0.29) is 10.7 Å². The first-order valence-corrected chi connectivity index (χ1v) is 10.4. The number of rotatable bonds is 9. The molecule has 0 spiro atoms. The maximum absolute atomic E-state index is 13.0. The average molecular weight is 384 g/mol. The number of hydrogen-bond donors (Lipinski definition) is 0. The predicted molar refractivity (Wildman–Crippen MR) is 97.0 cm³/mol. The van der Waals surface area contributed by atoms with Gasteiger partial charge in [0.1, 0.15) is 16.5 Å². The van der Waals surface area contributed by atoms with Gasteiger partial charge in [-0.2, -0.15) is 4.31 Å². The highest BCUT2D eigenvalue weighted by Gasteiger charge is 2.21. The second-order valence-corrected chi connectivity index (χ2v) is 8.13. The van der Waals surface area contributed by atoms with Crippen LogP contribution >= 0.6 is 11.8 Å². The van der Waals surface area contributed by atoms with Crippen LogP contribution in [0.25, 0.3) is 0 Å². The van der Waals surface area contributed by atoms with E-state index in [0.29, 0.717) is 36.2 Å². The Labute approximate surface area is 152 Å². The van der Waals surface area contributed by atoms with Crippen LogP contribution in [0.2, 0.25) is 0 Å². The van der Waals surface area contributed by atoms with Crippen molar-refractivity contribution in [2.24, 2.45) is 0 Å². The maximum Gasteiger partial charge on any atom is 0.244 e. The van der Waals surface area contributed by atoms with Crippen LogP contribution in [0, 0.1) is 5.82 Å². The van der Waals surface area contributed by atoms with Crippen LogP contribution in [0.3, 0.4) is 0 Å². The maximum atomic E-state index is 13.0. The van der Waals surface area contributed by atoms with Crippen LogP contribution in [-0.2, 0) is 10.0 Å². The van der Waals surface area contributed by atoms with E-state index in [1.165, 1.54) is 34.4 Å². The van der Waals surface area contributed by atoms with E-state index in [9.17, 15) is 12.8 Å². The third-order valence-electron chi connectivity index (χ3n) is 3.45. The first-order valence-electron chi connectivity index (χ1n) is 7.94. The summed E-state index contributed by atoms with van der Waals surface area (Å²) in [5.41, 5.74) is 0. The van der Waals surface area contributed by atoms with Crippen LogP contribution in [-0.4, -0.2) is 43.2 Å². The monoisotopic (exact) mass is 384 g/mol. The lowest BCUT2D eigenvalue weighted by Gasteiger charge is -2.18. The molecule has 1 aromatic carbocycles. The molecule has 0 aliphatic heterocycles. The lowest BCUT2D eigenvalue weighted by atomic mass is 10.3. The normalized spacial score (nSPS) is 11.7. The second-order valence-electron chi connectivity index (χ2n) is 5.08. The molecule has 8 heteroatoms. The van der Waals surface area contributed by atoms with Crippen molar-refractivity contribution in [3.05, 3.63) is 48.4 Å². The van der Waals surface area contributed by atoms with Crippen molar-refractivity contribution in [3.8, 4) is 5.75 Å². The summed E-state index contributed by atoms with van der Waals surface area (Å²) in [5, 5.41) is 0.710. The van der Waals surface area contributed by atoms with Gasteiger partial charge in [0, 0.05) is 31.1 Å². The van der Waals surface area contributed by atoms with Gasteiger partial charge in [-0.15, -0.1) is 11.8 Å². The van der Waals surface area contributed by atoms with Crippen molar-refractivity contribution in [1.82, 2.24) is 9.29 Å². The standard InChI is InChI=1S/C17H21FN2O3S2/c1-3-20(4-2)25(21,22)16-8-9-17(19-13-16)24-11-10-23-15-7-5-6-14(18)12-15/h5-9,12-13H,3-4,10-11H2,1-2H3. The molecule has 1 heterocycles. The van der Waals surface area contributed by atoms with Crippen LogP contribution in [0.15, 0.2) is 52.5 Å². The summed E-state index contributed by atoms with van der Waals surface area (Å²) < 4.78 is 44.6. The van der Waals surface area contributed by atoms with E-state index >= 15 is 0 Å². The fourth-order valence-corrected chi connectivity index (χ4v) is 4.25. The average Bonchev–Trinajstić information content (AvgIpc) is 2.60. The van der Waals surface area contributed by atoms with Gasteiger partial charge in [0.15, 0.2) is 0 Å². The summed E-state index contributed by atoms with van der Waals surface area (Å²) in [6.07, 6.45) is 1.38. The third kappa shape index (κ3) is 5.42. The van der Waals surface area contributed by atoms with Gasteiger partial charge in [-0.1, -0.05) is 19.9 Å². The number of nitrogens with zero attached hydrogens (tertiary/aromatic N) is 2. The Morgan fingerprint density at radius 2 is 1.96 bits per heavy atom. The minimum Gasteiger partial charge on any atom is -0.493 e. The molecule has 0 fully saturated rings. The predicted octanol–water partition coefficient (Wildman–Crippen LogP) is 3.42. The number of pyridine rings is 1. The zero-order valence-electron chi connectivity index (χ0n) is 14.2. The Balaban J connectivity index is 1.88. The summed E-state index contributed by atoms with van der Waals surface area (Å²) >= 11 is 1.44. The van der Waals surface area contributed by atoms with Crippen molar-refractivity contribution in [3.63, 3.8) is 0 Å². The molecular formula is C17H21FN2O3S2. The summed E-state index contributed by atoms with van der Waals surface area (Å²) in [7, 11) is -3.48. The van der Waals surface area contributed by atoms with Crippen molar-refractivity contribution >= 4 is 21.8 Å². The van der Waals surface area contributed by atoms with E-state index in [4.69, 9.17) is 4.74 Å². The Hall–Kier alpha value is -1.64. The molecule has 5 nitrogen and oxygen atoms in total. The van der Waals surface area contributed by atoms with Gasteiger partial charge in [-0.25, -0.2) is 17.8 Å². The number of hydrogen-bond acceptors (Lipinski definition) is 5. The fraction of sp³-hybridized carbons (Fsp3) is 0.353. The number of sulfonamides is 1. The molecule has 136 valence electrons. The van der Waals surface area contributed by atoms with Gasteiger partial charge in [0.25, 0.3) is 0 Å². The van der Waals surface area contributed by atoms with Crippen LogP contribution in [0.1, 0.15) is 13.8 Å². The quantitative estimate of drug-likeness (QED) is 0.490. The van der Waals surface area contributed by atoms with E-state index in [1.54, 1.807) is 38.1 Å². The number of benzene rings is 1. The molecule has 1 aromatic heterocycles. The zero-order valence-corrected chi connectivity index (χ0v) is 15.8. The van der Waals surface area contributed by atoms with Gasteiger partial charge in [0.05, 0.1) is 11.6 Å². The zero-order chi connectivity index (χ0) is 18.3. The van der Waals surface area contributed by atoms with E-state index in [0.717, 1.165) is 0 Å². The summed E-state index contributed by atoms with van der Waals surface area (Å²) in [6, 6.07) is 9.22. The second kappa shape index (κ2) is 9.17. The number of halogens is 1. The third-order valence-corrected chi connectivity index (χ3v) is 6.39. The van der Waals surface area contributed by atoms with Gasteiger partial charge in [-0.3, -0.25) is 0 Å². The molecule has 0 bridgehead atoms. The highest BCUT2D eigenvalue weighted by molar-refractivity contribution is 7.99. The molecule has 0 aliphatic carbocycles. The molecule has 0 atom stereocenters. The molecule has 0 N–H and O–H groups in total. The summed E-state index contributed by atoms with van der Waals surface area (Å²) in [4.78, 5) is 4.39. The molecule has 25 heavy (non-hydrogen) atoms. The van der Waals surface area contributed by atoms with Gasteiger partial charge in [0.2, 0.25) is 10.0 Å². The van der Waals surface area contributed by atoms with E-state index in [2.05, 4.69) is 4.98 Å². The molecular weight excluding hydrogens is 363 g/mol. The molecule has 2 rings (SSSR count). The Bertz CT molecular complexity index is 779. The van der Waals surface area contributed by atoms with Crippen LogP contribution in [0.5, 0.6) is 5.75 Å². The Morgan fingerprint density at radius 1 is 1.20 bits per heavy atom. The fourth-order valence-electron chi connectivity index (χ4n) is 2.18. The Morgan fingerprint density at radius 3 is 2.56 bits per heavy atom. The van der Waals surface area contributed by atoms with E-state index in [1.807, 2.05) is 0 Å². The lowest BCUT2D eigenvalue weighted by molar-refractivity contribution is 0.342. The van der Waals surface area contributed by atoms with Crippen molar-refractivity contribution in [2.75, 3.05) is 25.4 Å².